The van der Waals surface area contributed by atoms with Gasteiger partial charge in [0.05, 0.1) is 17.8 Å². The van der Waals surface area contributed by atoms with Crippen molar-refractivity contribution in [2.75, 3.05) is 37.7 Å². The molecule has 1 aliphatic rings. The van der Waals surface area contributed by atoms with Gasteiger partial charge in [-0.2, -0.15) is 0 Å². The molecule has 1 saturated heterocycles. The maximum atomic E-state index is 14.0. The number of anilines is 1. The van der Waals surface area contributed by atoms with E-state index in [2.05, 4.69) is 10.6 Å². The number of aromatic nitrogens is 1. The third-order valence-corrected chi connectivity index (χ3v) is 6.70. The summed E-state index contributed by atoms with van der Waals surface area (Å²) in [6.07, 6.45) is 0. The minimum absolute atomic E-state index is 0.237. The number of hydrogen-bond acceptors (Lipinski definition) is 5. The molecule has 0 aliphatic carbocycles. The Morgan fingerprint density at radius 2 is 1.81 bits per heavy atom. The molecule has 0 N–H and O–H groups in total. The minimum Gasteiger partial charge on any atom is -0.452 e. The molecule has 4 rings (SSSR count). The monoisotopic (exact) mass is 455 g/mol. The number of ether oxygens (including phenoxy) is 1. The lowest BCUT2D eigenvalue weighted by Crippen LogP contribution is -2.50. The number of nitrogens with zero attached hydrogens (tertiary/aromatic N) is 3. The zero-order valence-corrected chi connectivity index (χ0v) is 19.0. The lowest BCUT2D eigenvalue weighted by atomic mass is 10.2. The molecule has 0 spiro atoms. The van der Waals surface area contributed by atoms with E-state index >= 15 is 0 Å². The first-order valence-corrected chi connectivity index (χ1v) is 11.5. The van der Waals surface area contributed by atoms with Crippen molar-refractivity contribution < 1.29 is 18.7 Å². The molecule has 1 aliphatic heterocycles. The average molecular weight is 456 g/mol. The summed E-state index contributed by atoms with van der Waals surface area (Å²) in [5.74, 6) is -0.995. The molecule has 0 atom stereocenters. The molecule has 0 unspecified atom stereocenters. The predicted octanol–water partition coefficient (Wildman–Crippen LogP) is 3.86. The summed E-state index contributed by atoms with van der Waals surface area (Å²) < 4.78 is 21.4. The molecule has 3 heterocycles. The first kappa shape index (κ1) is 22.1. The van der Waals surface area contributed by atoms with Crippen LogP contribution in [0.5, 0.6) is 0 Å². The highest BCUT2D eigenvalue weighted by Crippen LogP contribution is 2.21. The molecular formula is C24H26FN3O3S. The molecule has 32 heavy (non-hydrogen) atoms. The molecule has 0 saturated carbocycles. The number of esters is 1. The van der Waals surface area contributed by atoms with Crippen molar-refractivity contribution in [3.8, 4) is 0 Å². The summed E-state index contributed by atoms with van der Waals surface area (Å²) in [5, 5.41) is 2.03. The Hall–Kier alpha value is -3.13. The van der Waals surface area contributed by atoms with Crippen molar-refractivity contribution in [1.82, 2.24) is 9.47 Å². The van der Waals surface area contributed by atoms with Crippen molar-refractivity contribution in [2.45, 2.75) is 20.4 Å². The molecule has 1 fully saturated rings. The number of carbonyl (C=O) groups is 2. The van der Waals surface area contributed by atoms with Crippen molar-refractivity contribution >= 4 is 28.9 Å². The van der Waals surface area contributed by atoms with Crippen molar-refractivity contribution in [3.05, 3.63) is 75.5 Å². The lowest BCUT2D eigenvalue weighted by molar-refractivity contribution is -0.134. The number of amides is 1. The van der Waals surface area contributed by atoms with Crippen molar-refractivity contribution in [3.63, 3.8) is 0 Å². The van der Waals surface area contributed by atoms with Crippen LogP contribution < -0.4 is 4.90 Å². The molecule has 1 aromatic carbocycles. The number of rotatable bonds is 6. The highest BCUT2D eigenvalue weighted by Gasteiger charge is 2.24. The molecule has 3 aromatic rings. The van der Waals surface area contributed by atoms with Crippen molar-refractivity contribution in [2.24, 2.45) is 0 Å². The maximum absolute atomic E-state index is 14.0. The van der Waals surface area contributed by atoms with Crippen molar-refractivity contribution in [1.29, 1.82) is 0 Å². The number of carbonyl (C=O) groups excluding carboxylic acids is 2. The summed E-state index contributed by atoms with van der Waals surface area (Å²) in [5.41, 5.74) is 2.82. The van der Waals surface area contributed by atoms with Crippen LogP contribution in [0.15, 0.2) is 47.8 Å². The Labute approximate surface area is 190 Å². The molecular weight excluding hydrogens is 429 g/mol. The number of piperazine rings is 1. The fraction of sp³-hybridized carbons (Fsp3) is 0.333. The van der Waals surface area contributed by atoms with Crippen LogP contribution in [0.4, 0.5) is 10.1 Å². The van der Waals surface area contributed by atoms with Crippen LogP contribution in [0.25, 0.3) is 0 Å². The van der Waals surface area contributed by atoms with Crippen LogP contribution in [0.3, 0.4) is 0 Å². The Morgan fingerprint density at radius 1 is 1.06 bits per heavy atom. The van der Waals surface area contributed by atoms with E-state index in [4.69, 9.17) is 4.74 Å². The number of thiophene rings is 1. The first-order chi connectivity index (χ1) is 15.4. The van der Waals surface area contributed by atoms with Crippen LogP contribution >= 0.6 is 11.3 Å². The van der Waals surface area contributed by atoms with E-state index < -0.39 is 5.97 Å². The third-order valence-electron chi connectivity index (χ3n) is 5.84. The van der Waals surface area contributed by atoms with E-state index in [1.54, 1.807) is 34.4 Å². The highest BCUT2D eigenvalue weighted by molar-refractivity contribution is 7.09. The number of halogens is 1. The molecule has 168 valence electrons. The Morgan fingerprint density at radius 3 is 2.50 bits per heavy atom. The third kappa shape index (κ3) is 4.70. The van der Waals surface area contributed by atoms with Crippen LogP contribution in [0, 0.1) is 19.7 Å². The standard InChI is InChI=1S/C24H26FN3O3S/c1-17-14-20(18(2)28(17)15-19-6-5-13-32-19)24(30)31-16-23(29)27-11-9-26(10-12-27)22-8-4-3-7-21(22)25/h3-8,13-14H,9-12,15-16H2,1-2H3. The van der Waals surface area contributed by atoms with Crippen LogP contribution in [0.2, 0.25) is 0 Å². The molecule has 1 amide bonds. The van der Waals surface area contributed by atoms with Gasteiger partial charge in [-0.15, -0.1) is 11.3 Å². The van der Waals surface area contributed by atoms with Gasteiger partial charge in [0, 0.05) is 42.4 Å². The summed E-state index contributed by atoms with van der Waals surface area (Å²) in [6.45, 7) is 6.23. The van der Waals surface area contributed by atoms with Crippen LogP contribution in [-0.4, -0.2) is 54.1 Å². The number of aryl methyl sites for hydroxylation is 1. The van der Waals surface area contributed by atoms with Gasteiger partial charge in [0.2, 0.25) is 0 Å². The quantitative estimate of drug-likeness (QED) is 0.530. The van der Waals surface area contributed by atoms with Crippen LogP contribution in [0.1, 0.15) is 26.6 Å². The van der Waals surface area contributed by atoms with Gasteiger partial charge in [0.15, 0.2) is 6.61 Å². The first-order valence-electron chi connectivity index (χ1n) is 10.6. The smallest absolute Gasteiger partial charge is 0.340 e. The number of hydrogen-bond donors (Lipinski definition) is 0. The van der Waals surface area contributed by atoms with Gasteiger partial charge in [-0.25, -0.2) is 9.18 Å². The summed E-state index contributed by atoms with van der Waals surface area (Å²) in [4.78, 5) is 30.0. The molecule has 8 heteroatoms. The van der Waals surface area contributed by atoms with E-state index in [1.807, 2.05) is 36.3 Å². The van der Waals surface area contributed by atoms with Gasteiger partial charge < -0.3 is 19.1 Å². The van der Waals surface area contributed by atoms with Gasteiger partial charge >= 0.3 is 5.97 Å². The van der Waals surface area contributed by atoms with Gasteiger partial charge in [-0.3, -0.25) is 4.79 Å². The van der Waals surface area contributed by atoms with E-state index in [-0.39, 0.29) is 18.3 Å². The lowest BCUT2D eigenvalue weighted by Gasteiger charge is -2.36. The minimum atomic E-state index is -0.492. The Balaban J connectivity index is 1.31. The topological polar surface area (TPSA) is 54.8 Å². The normalized spacial score (nSPS) is 14.0. The van der Waals surface area contributed by atoms with E-state index in [1.165, 1.54) is 10.9 Å². The molecule has 6 nitrogen and oxygen atoms in total. The summed E-state index contributed by atoms with van der Waals surface area (Å²) in [7, 11) is 0. The summed E-state index contributed by atoms with van der Waals surface area (Å²) >= 11 is 1.67. The Bertz CT molecular complexity index is 1100. The van der Waals surface area contributed by atoms with E-state index in [9.17, 15) is 14.0 Å². The second kappa shape index (κ2) is 9.56. The predicted molar refractivity (Wildman–Crippen MR) is 123 cm³/mol. The zero-order chi connectivity index (χ0) is 22.7. The highest BCUT2D eigenvalue weighted by atomic mass is 32.1. The molecule has 0 bridgehead atoms. The fourth-order valence-electron chi connectivity index (χ4n) is 4.01. The summed E-state index contributed by atoms with van der Waals surface area (Å²) in [6, 6.07) is 12.5. The molecule has 2 aromatic heterocycles. The largest absolute Gasteiger partial charge is 0.452 e. The average Bonchev–Trinajstić information content (AvgIpc) is 3.41. The number of para-hydroxylation sites is 1. The molecule has 0 radical (unpaired) electrons. The zero-order valence-electron chi connectivity index (χ0n) is 18.2. The van der Waals surface area contributed by atoms with Gasteiger partial charge in [-0.1, -0.05) is 18.2 Å². The van der Waals surface area contributed by atoms with E-state index in [0.29, 0.717) is 44.0 Å². The van der Waals surface area contributed by atoms with Crippen LogP contribution in [-0.2, 0) is 16.1 Å². The SMILES string of the molecule is Cc1cc(C(=O)OCC(=O)N2CCN(c3ccccc3F)CC2)c(C)n1Cc1cccs1. The second-order valence-corrected chi connectivity index (χ2v) is 8.88. The number of benzene rings is 1. The fourth-order valence-corrected chi connectivity index (χ4v) is 4.70. The van der Waals surface area contributed by atoms with Gasteiger partial charge in [0.1, 0.15) is 5.82 Å². The van der Waals surface area contributed by atoms with Gasteiger partial charge in [0.25, 0.3) is 5.91 Å². The Kier molecular flexibility index (Phi) is 6.60. The second-order valence-electron chi connectivity index (χ2n) is 7.85. The van der Waals surface area contributed by atoms with Gasteiger partial charge in [-0.05, 0) is 43.5 Å². The maximum Gasteiger partial charge on any atom is 0.340 e. The van der Waals surface area contributed by atoms with E-state index in [0.717, 1.165) is 11.4 Å².